The van der Waals surface area contributed by atoms with E-state index in [9.17, 15) is 0 Å². The number of nitrogen functional groups attached to an aromatic ring is 1. The van der Waals surface area contributed by atoms with Crippen LogP contribution in [0.4, 0.5) is 5.88 Å². The van der Waals surface area contributed by atoms with Crippen LogP contribution in [0.5, 0.6) is 0 Å². The third-order valence-electron chi connectivity index (χ3n) is 2.71. The Hall–Kier alpha value is -1.66. The maximum absolute atomic E-state index is 5.89. The van der Waals surface area contributed by atoms with Gasteiger partial charge in [0.25, 0.3) is 0 Å². The summed E-state index contributed by atoms with van der Waals surface area (Å²) < 4.78 is 6.14. The second kappa shape index (κ2) is 4.79. The summed E-state index contributed by atoms with van der Waals surface area (Å²) in [5, 5.41) is 6.97. The average molecular weight is 336 g/mol. The maximum atomic E-state index is 5.89. The number of aryl methyl sites for hydroxylation is 1. The zero-order chi connectivity index (χ0) is 13.4. The van der Waals surface area contributed by atoms with E-state index in [0.29, 0.717) is 11.6 Å². The van der Waals surface area contributed by atoms with Crippen molar-refractivity contribution < 1.29 is 4.52 Å². The molecule has 0 saturated carbocycles. The molecule has 0 spiro atoms. The number of anilines is 1. The molecule has 0 amide bonds. The molecule has 19 heavy (non-hydrogen) atoms. The van der Waals surface area contributed by atoms with Crippen molar-refractivity contribution in [2.75, 3.05) is 5.73 Å². The first kappa shape index (κ1) is 12.4. The number of thiazole rings is 1. The summed E-state index contributed by atoms with van der Waals surface area (Å²) in [7, 11) is 0. The number of nitrogens with two attached hydrogens (primary N) is 1. The highest BCUT2D eigenvalue weighted by Gasteiger charge is 2.19. The van der Waals surface area contributed by atoms with Crippen LogP contribution in [0.2, 0.25) is 0 Å². The molecule has 0 bridgehead atoms. The summed E-state index contributed by atoms with van der Waals surface area (Å²) in [6, 6.07) is 7.85. The van der Waals surface area contributed by atoms with Gasteiger partial charge in [0.05, 0.1) is 10.6 Å². The van der Waals surface area contributed by atoms with Crippen molar-refractivity contribution in [3.8, 4) is 22.5 Å². The number of benzene rings is 1. The lowest BCUT2D eigenvalue weighted by atomic mass is 10.0. The summed E-state index contributed by atoms with van der Waals surface area (Å²) in [5.74, 6) is 0.308. The van der Waals surface area contributed by atoms with Crippen LogP contribution in [-0.4, -0.2) is 10.1 Å². The van der Waals surface area contributed by atoms with Crippen molar-refractivity contribution in [3.63, 3.8) is 0 Å². The van der Waals surface area contributed by atoms with E-state index in [2.05, 4.69) is 26.1 Å². The van der Waals surface area contributed by atoms with Gasteiger partial charge >= 0.3 is 0 Å². The number of nitrogens with zero attached hydrogens (tertiary/aromatic N) is 2. The van der Waals surface area contributed by atoms with E-state index in [0.717, 1.165) is 26.3 Å². The zero-order valence-electron chi connectivity index (χ0n) is 10.1. The predicted octanol–water partition coefficient (Wildman–Crippen LogP) is 4.12. The summed E-state index contributed by atoms with van der Waals surface area (Å²) in [6.07, 6.45) is 0. The summed E-state index contributed by atoms with van der Waals surface area (Å²) >= 11 is 4.99. The van der Waals surface area contributed by atoms with Crippen molar-refractivity contribution in [1.82, 2.24) is 10.1 Å². The van der Waals surface area contributed by atoms with E-state index in [4.69, 9.17) is 10.3 Å². The van der Waals surface area contributed by atoms with Crippen LogP contribution in [0, 0.1) is 6.92 Å². The van der Waals surface area contributed by atoms with Gasteiger partial charge in [0.2, 0.25) is 5.88 Å². The second-order valence-electron chi connectivity index (χ2n) is 4.03. The van der Waals surface area contributed by atoms with Crippen LogP contribution in [-0.2, 0) is 0 Å². The Morgan fingerprint density at radius 1 is 1.26 bits per heavy atom. The third-order valence-corrected chi connectivity index (χ3v) is 4.02. The van der Waals surface area contributed by atoms with Crippen molar-refractivity contribution in [2.24, 2.45) is 0 Å². The van der Waals surface area contributed by atoms with E-state index in [1.54, 1.807) is 11.3 Å². The molecular formula is C13H10BrN3OS. The fourth-order valence-corrected chi connectivity index (χ4v) is 2.71. The second-order valence-corrected chi connectivity index (χ2v) is 6.01. The van der Waals surface area contributed by atoms with Crippen molar-refractivity contribution >= 4 is 33.2 Å². The Morgan fingerprint density at radius 2 is 2.00 bits per heavy atom. The minimum Gasteiger partial charge on any atom is -0.367 e. The number of aromatic nitrogens is 2. The van der Waals surface area contributed by atoms with Crippen LogP contribution in [0.15, 0.2) is 38.6 Å². The lowest BCUT2D eigenvalue weighted by molar-refractivity contribution is 0.439. The van der Waals surface area contributed by atoms with E-state index in [1.165, 1.54) is 0 Å². The first-order valence-electron chi connectivity index (χ1n) is 5.59. The van der Waals surface area contributed by atoms with Gasteiger partial charge in [0, 0.05) is 9.85 Å². The topological polar surface area (TPSA) is 64.9 Å². The van der Waals surface area contributed by atoms with Crippen LogP contribution in [0.3, 0.4) is 0 Å². The molecule has 0 aliphatic rings. The Balaban J connectivity index is 2.16. The van der Waals surface area contributed by atoms with E-state index >= 15 is 0 Å². The molecule has 2 N–H and O–H groups in total. The Bertz CT molecular complexity index is 718. The van der Waals surface area contributed by atoms with Gasteiger partial charge in [-0.15, -0.1) is 11.3 Å². The molecule has 0 aliphatic carbocycles. The molecule has 0 atom stereocenters. The monoisotopic (exact) mass is 335 g/mol. The van der Waals surface area contributed by atoms with Gasteiger partial charge in [0.1, 0.15) is 11.4 Å². The van der Waals surface area contributed by atoms with Crippen LogP contribution >= 0.6 is 27.3 Å². The van der Waals surface area contributed by atoms with E-state index < -0.39 is 0 Å². The summed E-state index contributed by atoms with van der Waals surface area (Å²) in [6.45, 7) is 1.96. The van der Waals surface area contributed by atoms with Gasteiger partial charge in [-0.2, -0.15) is 0 Å². The van der Waals surface area contributed by atoms with Gasteiger partial charge in [-0.1, -0.05) is 33.2 Å². The fourth-order valence-electron chi connectivity index (χ4n) is 1.85. The molecule has 4 nitrogen and oxygen atoms in total. The molecule has 0 saturated heterocycles. The van der Waals surface area contributed by atoms with Gasteiger partial charge < -0.3 is 10.3 Å². The molecule has 96 valence electrons. The number of rotatable bonds is 2. The summed E-state index contributed by atoms with van der Waals surface area (Å²) in [4.78, 5) is 4.43. The smallest absolute Gasteiger partial charge is 0.230 e. The van der Waals surface area contributed by atoms with Crippen molar-refractivity contribution in [2.45, 2.75) is 6.92 Å². The zero-order valence-corrected chi connectivity index (χ0v) is 12.5. The van der Waals surface area contributed by atoms with Crippen LogP contribution in [0.1, 0.15) is 5.01 Å². The Kier molecular flexibility index (Phi) is 3.12. The lowest BCUT2D eigenvalue weighted by Gasteiger charge is -2.01. The normalized spacial score (nSPS) is 10.8. The molecule has 1 aromatic carbocycles. The van der Waals surface area contributed by atoms with Crippen molar-refractivity contribution in [3.05, 3.63) is 39.1 Å². The molecule has 0 aliphatic heterocycles. The van der Waals surface area contributed by atoms with E-state index in [-0.39, 0.29) is 0 Å². The van der Waals surface area contributed by atoms with Crippen LogP contribution in [0.25, 0.3) is 22.5 Å². The molecule has 2 aromatic heterocycles. The Morgan fingerprint density at radius 3 is 2.63 bits per heavy atom. The van der Waals surface area contributed by atoms with Gasteiger partial charge in [0.15, 0.2) is 0 Å². The third kappa shape index (κ3) is 2.29. The largest absolute Gasteiger partial charge is 0.367 e. The minimum absolute atomic E-state index is 0.308. The highest BCUT2D eigenvalue weighted by Crippen LogP contribution is 2.36. The lowest BCUT2D eigenvalue weighted by Crippen LogP contribution is -1.88. The number of halogens is 1. The molecule has 0 fully saturated rings. The maximum Gasteiger partial charge on any atom is 0.230 e. The standard InChI is InChI=1S/C13H10BrN3OS/c1-7-16-10(6-19-7)12-11(13(15)18-17-12)8-2-4-9(14)5-3-8/h2-6H,15H2,1H3. The SMILES string of the molecule is Cc1nc(-c2noc(N)c2-c2ccc(Br)cc2)cs1. The first-order valence-corrected chi connectivity index (χ1v) is 7.26. The fraction of sp³-hybridized carbons (Fsp3) is 0.0769. The quantitative estimate of drug-likeness (QED) is 0.765. The highest BCUT2D eigenvalue weighted by molar-refractivity contribution is 9.10. The molecule has 0 radical (unpaired) electrons. The van der Waals surface area contributed by atoms with Gasteiger partial charge in [-0.05, 0) is 24.6 Å². The molecule has 3 rings (SSSR count). The molecule has 6 heteroatoms. The van der Waals surface area contributed by atoms with E-state index in [1.807, 2.05) is 36.6 Å². The molecule has 2 heterocycles. The average Bonchev–Trinajstić information content (AvgIpc) is 2.97. The van der Waals surface area contributed by atoms with Gasteiger partial charge in [-0.25, -0.2) is 4.98 Å². The van der Waals surface area contributed by atoms with Gasteiger partial charge in [-0.3, -0.25) is 0 Å². The Labute approximate surface area is 122 Å². The predicted molar refractivity (Wildman–Crippen MR) is 79.9 cm³/mol. The molecule has 0 unspecified atom stereocenters. The minimum atomic E-state index is 0.308. The van der Waals surface area contributed by atoms with Crippen molar-refractivity contribution in [1.29, 1.82) is 0 Å². The number of hydrogen-bond acceptors (Lipinski definition) is 5. The number of hydrogen-bond donors (Lipinski definition) is 1. The summed E-state index contributed by atoms with van der Waals surface area (Å²) in [5.41, 5.74) is 9.12. The first-order chi connectivity index (χ1) is 9.15. The van der Waals surface area contributed by atoms with Crippen LogP contribution < -0.4 is 5.73 Å². The molecular weight excluding hydrogens is 326 g/mol. The molecule has 3 aromatic rings. The highest BCUT2D eigenvalue weighted by atomic mass is 79.9.